The van der Waals surface area contributed by atoms with Crippen LogP contribution in [0.4, 0.5) is 0 Å². The lowest BCUT2D eigenvalue weighted by atomic mass is 10.0. The monoisotopic (exact) mass is 1210 g/mol. The molecule has 0 fully saturated rings. The third-order valence-electron chi connectivity index (χ3n) is 19.1. The molecular formula is C81H158O5. The lowest BCUT2D eigenvalue weighted by Crippen LogP contribution is -2.28. The number of esters is 2. The van der Waals surface area contributed by atoms with Gasteiger partial charge < -0.3 is 14.6 Å². The Bertz CT molecular complexity index is 1280. The first-order valence-corrected chi connectivity index (χ1v) is 40.2. The van der Waals surface area contributed by atoms with Crippen molar-refractivity contribution in [2.24, 2.45) is 0 Å². The third-order valence-corrected chi connectivity index (χ3v) is 19.1. The number of ether oxygens (including phenoxy) is 2. The largest absolute Gasteiger partial charge is 0.462 e. The Morgan fingerprint density at radius 2 is 0.430 bits per heavy atom. The molecule has 0 aliphatic carbocycles. The molecule has 0 saturated carbocycles. The maximum atomic E-state index is 12.4. The van der Waals surface area contributed by atoms with Crippen LogP contribution in [-0.2, 0) is 19.1 Å². The van der Waals surface area contributed by atoms with Crippen LogP contribution in [-0.4, -0.2) is 36.4 Å². The van der Waals surface area contributed by atoms with E-state index >= 15 is 0 Å². The van der Waals surface area contributed by atoms with Gasteiger partial charge in [0, 0.05) is 12.8 Å². The van der Waals surface area contributed by atoms with Crippen LogP contribution in [0.2, 0.25) is 0 Å². The molecule has 0 amide bonds. The quantitative estimate of drug-likeness (QED) is 0.0373. The van der Waals surface area contributed by atoms with Gasteiger partial charge in [0.25, 0.3) is 0 Å². The molecule has 0 aromatic heterocycles. The van der Waals surface area contributed by atoms with Crippen LogP contribution in [0, 0.1) is 0 Å². The molecule has 512 valence electrons. The lowest BCUT2D eigenvalue weighted by molar-refractivity contribution is -0.161. The van der Waals surface area contributed by atoms with Gasteiger partial charge in [-0.05, 0) is 38.5 Å². The van der Waals surface area contributed by atoms with Gasteiger partial charge in [0.1, 0.15) is 6.61 Å². The molecule has 0 heterocycles. The van der Waals surface area contributed by atoms with Gasteiger partial charge in [-0.3, -0.25) is 9.59 Å². The Morgan fingerprint density at radius 1 is 0.256 bits per heavy atom. The average Bonchev–Trinajstić information content (AvgIpc) is 3.55. The Morgan fingerprint density at radius 3 is 0.628 bits per heavy atom. The van der Waals surface area contributed by atoms with E-state index in [-0.39, 0.29) is 25.2 Å². The first kappa shape index (κ1) is 84.6. The van der Waals surface area contributed by atoms with E-state index in [0.717, 1.165) is 32.1 Å². The van der Waals surface area contributed by atoms with E-state index in [4.69, 9.17) is 9.47 Å². The van der Waals surface area contributed by atoms with Gasteiger partial charge >= 0.3 is 11.9 Å². The molecule has 0 spiro atoms. The number of carbonyl (C=O) groups excluding carboxylic acids is 2. The zero-order valence-electron chi connectivity index (χ0n) is 59.1. The lowest BCUT2D eigenvalue weighted by Gasteiger charge is -2.15. The maximum absolute atomic E-state index is 12.4. The van der Waals surface area contributed by atoms with E-state index in [1.165, 1.54) is 417 Å². The molecule has 5 heteroatoms. The van der Waals surface area contributed by atoms with E-state index < -0.39 is 6.10 Å². The highest BCUT2D eigenvalue weighted by atomic mass is 16.6. The molecule has 86 heavy (non-hydrogen) atoms. The average molecular weight is 1210 g/mol. The fourth-order valence-corrected chi connectivity index (χ4v) is 13.0. The van der Waals surface area contributed by atoms with Crippen LogP contribution in [0.5, 0.6) is 0 Å². The summed E-state index contributed by atoms with van der Waals surface area (Å²) in [7, 11) is 0. The van der Waals surface area contributed by atoms with Crippen LogP contribution in [0.3, 0.4) is 0 Å². The SMILES string of the molecule is CCCCCCCCCC/C=C\CCCCCCCCCCCCCCCCCCCCCCCCCCCCCC(=O)OC(CO)COC(=O)CCCCCCCCCCCCCCCCCCCCCCCCCCCCCCCCCCC. The van der Waals surface area contributed by atoms with E-state index in [9.17, 15) is 14.7 Å². The molecule has 0 radical (unpaired) electrons. The molecular weight excluding hydrogens is 1050 g/mol. The second-order valence-corrected chi connectivity index (χ2v) is 27.9. The summed E-state index contributed by atoms with van der Waals surface area (Å²) in [6.45, 7) is 4.23. The van der Waals surface area contributed by atoms with Gasteiger partial charge in [-0.25, -0.2) is 0 Å². The number of aliphatic hydroxyl groups is 1. The van der Waals surface area contributed by atoms with Crippen LogP contribution in [0.1, 0.15) is 476 Å². The van der Waals surface area contributed by atoms with Gasteiger partial charge in [0.05, 0.1) is 6.61 Å². The highest BCUT2D eigenvalue weighted by molar-refractivity contribution is 5.70. The fraction of sp³-hybridized carbons (Fsp3) is 0.951. The van der Waals surface area contributed by atoms with Gasteiger partial charge in [-0.15, -0.1) is 0 Å². The highest BCUT2D eigenvalue weighted by Gasteiger charge is 2.16. The van der Waals surface area contributed by atoms with Crippen molar-refractivity contribution in [1.82, 2.24) is 0 Å². The molecule has 1 unspecified atom stereocenters. The second-order valence-electron chi connectivity index (χ2n) is 27.9. The van der Waals surface area contributed by atoms with Crippen molar-refractivity contribution in [1.29, 1.82) is 0 Å². The zero-order valence-corrected chi connectivity index (χ0v) is 59.1. The predicted octanol–water partition coefficient (Wildman–Crippen LogP) is 28.1. The summed E-state index contributed by atoms with van der Waals surface area (Å²) in [5.41, 5.74) is 0. The number of rotatable bonds is 77. The summed E-state index contributed by atoms with van der Waals surface area (Å²) in [6.07, 6.45) is 102. The molecule has 0 saturated heterocycles. The maximum Gasteiger partial charge on any atom is 0.306 e. The van der Waals surface area contributed by atoms with Crippen molar-refractivity contribution in [2.45, 2.75) is 482 Å². The van der Waals surface area contributed by atoms with Gasteiger partial charge in [0.15, 0.2) is 6.10 Å². The summed E-state index contributed by atoms with van der Waals surface area (Å²) >= 11 is 0. The molecule has 0 aromatic carbocycles. The van der Waals surface area contributed by atoms with Crippen LogP contribution < -0.4 is 0 Å². The predicted molar refractivity (Wildman–Crippen MR) is 381 cm³/mol. The Labute approximate surface area is 541 Å². The molecule has 0 aliphatic rings. The van der Waals surface area contributed by atoms with E-state index in [1.54, 1.807) is 0 Å². The summed E-state index contributed by atoms with van der Waals surface area (Å²) in [5.74, 6) is -0.557. The smallest absolute Gasteiger partial charge is 0.306 e. The van der Waals surface area contributed by atoms with Crippen molar-refractivity contribution >= 4 is 11.9 Å². The molecule has 1 N–H and O–H groups in total. The van der Waals surface area contributed by atoms with Gasteiger partial charge in [0.2, 0.25) is 0 Å². The summed E-state index contributed by atoms with van der Waals surface area (Å²) < 4.78 is 10.8. The van der Waals surface area contributed by atoms with Gasteiger partial charge in [-0.1, -0.05) is 437 Å². The molecule has 5 nitrogen and oxygen atoms in total. The van der Waals surface area contributed by atoms with Crippen molar-refractivity contribution in [2.75, 3.05) is 13.2 Å². The van der Waals surface area contributed by atoms with E-state index in [0.29, 0.717) is 12.8 Å². The number of allylic oxidation sites excluding steroid dienone is 2. The Kier molecular flexibility index (Phi) is 76.7. The summed E-state index contributed by atoms with van der Waals surface area (Å²) in [4.78, 5) is 24.7. The number of unbranched alkanes of at least 4 members (excludes halogenated alkanes) is 67. The van der Waals surface area contributed by atoms with Crippen LogP contribution >= 0.6 is 0 Å². The van der Waals surface area contributed by atoms with Crippen LogP contribution in [0.15, 0.2) is 12.2 Å². The van der Waals surface area contributed by atoms with E-state index in [2.05, 4.69) is 26.0 Å². The van der Waals surface area contributed by atoms with Crippen LogP contribution in [0.25, 0.3) is 0 Å². The summed E-state index contributed by atoms with van der Waals surface area (Å²) in [5, 5.41) is 9.73. The summed E-state index contributed by atoms with van der Waals surface area (Å²) in [6, 6.07) is 0. The standard InChI is InChI=1S/C81H158O5/c1-3-5-7-9-11-13-15-17-19-21-23-25-27-29-31-33-35-37-38-39-40-41-42-44-46-48-50-52-54-56-58-60-62-64-66-68-70-72-74-76-81(84)86-79(77-82)78-85-80(83)75-73-71-69-67-65-63-61-59-57-55-53-51-49-47-45-43-36-34-32-30-28-26-24-22-20-18-16-14-12-10-8-6-4-2/h21,23,79,82H,3-20,22,24-78H2,1-2H3/b23-21-. The van der Waals surface area contributed by atoms with Crippen molar-refractivity contribution in [3.63, 3.8) is 0 Å². The number of hydrogen-bond donors (Lipinski definition) is 1. The van der Waals surface area contributed by atoms with Crippen molar-refractivity contribution in [3.05, 3.63) is 12.2 Å². The highest BCUT2D eigenvalue weighted by Crippen LogP contribution is 2.21. The Balaban J connectivity index is 3.33. The zero-order chi connectivity index (χ0) is 61.9. The topological polar surface area (TPSA) is 72.8 Å². The molecule has 0 aliphatic heterocycles. The minimum Gasteiger partial charge on any atom is -0.462 e. The fourth-order valence-electron chi connectivity index (χ4n) is 13.0. The normalized spacial score (nSPS) is 12.1. The van der Waals surface area contributed by atoms with Crippen molar-refractivity contribution in [3.8, 4) is 0 Å². The van der Waals surface area contributed by atoms with E-state index in [1.807, 2.05) is 0 Å². The Hall–Kier alpha value is -1.36. The molecule has 1 atom stereocenters. The van der Waals surface area contributed by atoms with Crippen molar-refractivity contribution < 1.29 is 24.2 Å². The third kappa shape index (κ3) is 75.1. The molecule has 0 aromatic rings. The number of hydrogen-bond acceptors (Lipinski definition) is 5. The number of aliphatic hydroxyl groups excluding tert-OH is 1. The number of carbonyl (C=O) groups is 2. The molecule has 0 bridgehead atoms. The minimum absolute atomic E-state index is 0.0559. The first-order chi connectivity index (χ1) is 42.6. The molecule has 0 rings (SSSR count). The second kappa shape index (κ2) is 77.9. The minimum atomic E-state index is -0.767. The van der Waals surface area contributed by atoms with Gasteiger partial charge in [-0.2, -0.15) is 0 Å². The first-order valence-electron chi connectivity index (χ1n) is 40.2.